The molecule has 1 aliphatic heterocycles. The molecular formula is C21H31N3O4S. The van der Waals surface area contributed by atoms with E-state index in [9.17, 15) is 18.0 Å². The van der Waals surface area contributed by atoms with E-state index < -0.39 is 10.0 Å². The lowest BCUT2D eigenvalue weighted by Gasteiger charge is -2.20. The van der Waals surface area contributed by atoms with Gasteiger partial charge in [0.2, 0.25) is 15.9 Å². The largest absolute Gasteiger partial charge is 0.354 e. The number of sulfonamides is 1. The zero-order valence-corrected chi connectivity index (χ0v) is 17.7. The van der Waals surface area contributed by atoms with Crippen molar-refractivity contribution in [2.75, 3.05) is 26.2 Å². The van der Waals surface area contributed by atoms with Gasteiger partial charge >= 0.3 is 0 Å². The average Bonchev–Trinajstić information content (AvgIpc) is 3.13. The molecule has 1 aromatic rings. The molecule has 2 aliphatic rings. The highest BCUT2D eigenvalue weighted by Gasteiger charge is 2.25. The summed E-state index contributed by atoms with van der Waals surface area (Å²) in [5.41, 5.74) is 0.405. The van der Waals surface area contributed by atoms with Gasteiger partial charge in [-0.3, -0.25) is 9.59 Å². The van der Waals surface area contributed by atoms with Gasteiger partial charge in [0.25, 0.3) is 5.91 Å². The van der Waals surface area contributed by atoms with Gasteiger partial charge in [-0.15, -0.1) is 0 Å². The Bertz CT molecular complexity index is 794. The molecule has 1 saturated carbocycles. The fourth-order valence-electron chi connectivity index (χ4n) is 4.01. The maximum atomic E-state index is 12.8. The molecule has 1 aliphatic carbocycles. The van der Waals surface area contributed by atoms with Crippen molar-refractivity contribution in [3.8, 4) is 0 Å². The Kier molecular flexibility index (Phi) is 7.66. The van der Waals surface area contributed by atoms with Crippen LogP contribution in [0.5, 0.6) is 0 Å². The summed E-state index contributed by atoms with van der Waals surface area (Å²) in [4.78, 5) is 24.5. The van der Waals surface area contributed by atoms with Gasteiger partial charge in [0.1, 0.15) is 0 Å². The monoisotopic (exact) mass is 421 g/mol. The minimum Gasteiger partial charge on any atom is -0.354 e. The molecule has 29 heavy (non-hydrogen) atoms. The molecule has 1 saturated heterocycles. The standard InChI is InChI=1S/C21H31N3O4S/c25-20(17-7-3-4-8-17)22-13-14-23-21(26)18-9-11-19(12-10-18)29(27,28)24-15-5-1-2-6-16-24/h9-12,17H,1-8,13-16H2,(H,22,25)(H,23,26). The van der Waals surface area contributed by atoms with Crippen molar-refractivity contribution in [1.29, 1.82) is 0 Å². The van der Waals surface area contributed by atoms with E-state index in [4.69, 9.17) is 0 Å². The van der Waals surface area contributed by atoms with E-state index >= 15 is 0 Å². The molecule has 0 aromatic heterocycles. The zero-order valence-electron chi connectivity index (χ0n) is 16.9. The van der Waals surface area contributed by atoms with E-state index in [1.54, 1.807) is 4.31 Å². The molecule has 2 fully saturated rings. The summed E-state index contributed by atoms with van der Waals surface area (Å²) in [6, 6.07) is 6.07. The minimum atomic E-state index is -3.51. The van der Waals surface area contributed by atoms with Crippen LogP contribution in [-0.4, -0.2) is 50.7 Å². The van der Waals surface area contributed by atoms with Gasteiger partial charge in [-0.1, -0.05) is 25.7 Å². The number of carbonyl (C=O) groups excluding carboxylic acids is 2. The third kappa shape index (κ3) is 5.79. The number of nitrogens with zero attached hydrogens (tertiary/aromatic N) is 1. The van der Waals surface area contributed by atoms with Crippen molar-refractivity contribution in [2.45, 2.75) is 56.3 Å². The van der Waals surface area contributed by atoms with Crippen molar-refractivity contribution < 1.29 is 18.0 Å². The molecular weight excluding hydrogens is 390 g/mol. The first kappa shape index (κ1) is 21.8. The molecule has 1 aromatic carbocycles. The molecule has 0 atom stereocenters. The van der Waals surface area contributed by atoms with Crippen LogP contribution in [0.25, 0.3) is 0 Å². The predicted molar refractivity (Wildman–Crippen MR) is 111 cm³/mol. The van der Waals surface area contributed by atoms with Crippen LogP contribution in [0.15, 0.2) is 29.2 Å². The first-order chi connectivity index (χ1) is 14.0. The van der Waals surface area contributed by atoms with E-state index in [-0.39, 0.29) is 22.6 Å². The smallest absolute Gasteiger partial charge is 0.251 e. The molecule has 0 spiro atoms. The summed E-state index contributed by atoms with van der Waals surface area (Å²) < 4.78 is 27.1. The van der Waals surface area contributed by atoms with Crippen molar-refractivity contribution in [1.82, 2.24) is 14.9 Å². The number of carbonyl (C=O) groups is 2. The number of hydrogen-bond acceptors (Lipinski definition) is 4. The fraction of sp³-hybridized carbons (Fsp3) is 0.619. The van der Waals surface area contributed by atoms with E-state index in [2.05, 4.69) is 10.6 Å². The molecule has 0 bridgehead atoms. The lowest BCUT2D eigenvalue weighted by molar-refractivity contribution is -0.124. The summed E-state index contributed by atoms with van der Waals surface area (Å²) in [6.07, 6.45) is 8.01. The van der Waals surface area contributed by atoms with Crippen molar-refractivity contribution in [3.05, 3.63) is 29.8 Å². The highest BCUT2D eigenvalue weighted by molar-refractivity contribution is 7.89. The van der Waals surface area contributed by atoms with Crippen LogP contribution in [-0.2, 0) is 14.8 Å². The Morgan fingerprint density at radius 3 is 2.07 bits per heavy atom. The predicted octanol–water partition coefficient (Wildman–Crippen LogP) is 2.29. The molecule has 7 nitrogen and oxygen atoms in total. The van der Waals surface area contributed by atoms with Crippen molar-refractivity contribution in [2.24, 2.45) is 5.92 Å². The zero-order chi connectivity index (χ0) is 20.7. The van der Waals surface area contributed by atoms with E-state index in [1.807, 2.05) is 0 Å². The quantitative estimate of drug-likeness (QED) is 0.660. The second kappa shape index (κ2) is 10.2. The van der Waals surface area contributed by atoms with Crippen LogP contribution in [0.1, 0.15) is 61.7 Å². The molecule has 8 heteroatoms. The maximum Gasteiger partial charge on any atom is 0.251 e. The van der Waals surface area contributed by atoms with Crippen LogP contribution in [0.3, 0.4) is 0 Å². The minimum absolute atomic E-state index is 0.0693. The van der Waals surface area contributed by atoms with E-state index in [0.717, 1.165) is 51.4 Å². The first-order valence-electron chi connectivity index (χ1n) is 10.6. The van der Waals surface area contributed by atoms with Gasteiger partial charge in [0.15, 0.2) is 0 Å². The number of benzene rings is 1. The summed E-state index contributed by atoms with van der Waals surface area (Å²) in [5, 5.41) is 5.62. The van der Waals surface area contributed by atoms with Gasteiger partial charge in [0, 0.05) is 37.7 Å². The van der Waals surface area contributed by atoms with Crippen LogP contribution in [0, 0.1) is 5.92 Å². The van der Waals surface area contributed by atoms with Crippen molar-refractivity contribution >= 4 is 21.8 Å². The number of amides is 2. The topological polar surface area (TPSA) is 95.6 Å². The Morgan fingerprint density at radius 1 is 0.862 bits per heavy atom. The lowest BCUT2D eigenvalue weighted by atomic mass is 10.1. The van der Waals surface area contributed by atoms with Crippen molar-refractivity contribution in [3.63, 3.8) is 0 Å². The summed E-state index contributed by atoms with van der Waals surface area (Å²) >= 11 is 0. The molecule has 0 radical (unpaired) electrons. The first-order valence-corrected chi connectivity index (χ1v) is 12.1. The molecule has 0 unspecified atom stereocenters. The number of rotatable bonds is 7. The summed E-state index contributed by atoms with van der Waals surface area (Å²) in [7, 11) is -3.51. The second-order valence-electron chi connectivity index (χ2n) is 7.87. The highest BCUT2D eigenvalue weighted by atomic mass is 32.2. The van der Waals surface area contributed by atoms with Gasteiger partial charge in [-0.25, -0.2) is 8.42 Å². The summed E-state index contributed by atoms with van der Waals surface area (Å²) in [6.45, 7) is 1.84. The summed E-state index contributed by atoms with van der Waals surface area (Å²) in [5.74, 6) is -0.0944. The Hall–Kier alpha value is -1.93. The molecule has 3 rings (SSSR count). The van der Waals surface area contributed by atoms with E-state index in [1.165, 1.54) is 24.3 Å². The average molecular weight is 422 g/mol. The van der Waals surface area contributed by atoms with Crippen LogP contribution >= 0.6 is 0 Å². The lowest BCUT2D eigenvalue weighted by Crippen LogP contribution is -2.37. The molecule has 1 heterocycles. The number of nitrogens with one attached hydrogen (secondary N) is 2. The Morgan fingerprint density at radius 2 is 1.45 bits per heavy atom. The Labute approximate surface area is 173 Å². The second-order valence-corrected chi connectivity index (χ2v) is 9.81. The number of hydrogen-bond donors (Lipinski definition) is 2. The van der Waals surface area contributed by atoms with Gasteiger partial charge in [-0.2, -0.15) is 4.31 Å². The molecule has 2 amide bonds. The van der Waals surface area contributed by atoms with Gasteiger partial charge in [-0.05, 0) is 49.9 Å². The highest BCUT2D eigenvalue weighted by Crippen LogP contribution is 2.24. The third-order valence-electron chi connectivity index (χ3n) is 5.76. The fourth-order valence-corrected chi connectivity index (χ4v) is 5.52. The van der Waals surface area contributed by atoms with Gasteiger partial charge < -0.3 is 10.6 Å². The SMILES string of the molecule is O=C(NCCNC(=O)C1CCCC1)c1ccc(S(=O)(=O)N2CCCCCC2)cc1. The molecule has 2 N–H and O–H groups in total. The van der Waals surface area contributed by atoms with Gasteiger partial charge in [0.05, 0.1) is 4.90 Å². The van der Waals surface area contributed by atoms with E-state index in [0.29, 0.717) is 31.7 Å². The maximum absolute atomic E-state index is 12.8. The van der Waals surface area contributed by atoms with Crippen LogP contribution in [0.4, 0.5) is 0 Å². The normalized spacial score (nSPS) is 18.9. The molecule has 160 valence electrons. The third-order valence-corrected chi connectivity index (χ3v) is 7.67. The van der Waals surface area contributed by atoms with Crippen LogP contribution in [0.2, 0.25) is 0 Å². The Balaban J connectivity index is 1.48. The van der Waals surface area contributed by atoms with Crippen LogP contribution < -0.4 is 10.6 Å².